The first-order valence-corrected chi connectivity index (χ1v) is 18.7. The minimum Gasteiger partial charge on any atom is -0.389 e. The van der Waals surface area contributed by atoms with Gasteiger partial charge in [-0.1, -0.05) is 90.4 Å². The van der Waals surface area contributed by atoms with E-state index < -0.39 is 62.2 Å². The quantitative estimate of drug-likeness (QED) is 0.0859. The number of aliphatic hydroxyl groups excluding tert-OH is 4. The summed E-state index contributed by atoms with van der Waals surface area (Å²) in [5, 5.41) is 40.8. The zero-order chi connectivity index (χ0) is 32.7. The van der Waals surface area contributed by atoms with Crippen LogP contribution in [0.1, 0.15) is 103 Å². The molecule has 0 bridgehead atoms. The third kappa shape index (κ3) is 12.6. The van der Waals surface area contributed by atoms with E-state index in [1.807, 2.05) is 0 Å². The van der Waals surface area contributed by atoms with E-state index in [9.17, 15) is 34.6 Å². The molecular weight excluding hydrogens is 605 g/mol. The van der Waals surface area contributed by atoms with E-state index in [2.05, 4.69) is 11.9 Å². The van der Waals surface area contributed by atoms with Gasteiger partial charge in [-0.15, -0.1) is 0 Å². The smallest absolute Gasteiger partial charge is 0.332 e. The topological polar surface area (TPSA) is 184 Å². The predicted molar refractivity (Wildman–Crippen MR) is 170 cm³/mol. The Morgan fingerprint density at radius 3 is 1.96 bits per heavy atom. The highest BCUT2D eigenvalue weighted by molar-refractivity contribution is 7.53. The van der Waals surface area contributed by atoms with Crippen LogP contribution in [0.25, 0.3) is 0 Å². The van der Waals surface area contributed by atoms with Gasteiger partial charge in [-0.2, -0.15) is 0 Å². The van der Waals surface area contributed by atoms with E-state index in [4.69, 9.17) is 13.8 Å². The van der Waals surface area contributed by atoms with Crippen LogP contribution in [0.4, 0.5) is 0 Å². The highest BCUT2D eigenvalue weighted by Gasteiger charge is 2.46. The summed E-state index contributed by atoms with van der Waals surface area (Å²) in [6, 6.07) is 1.10. The normalized spacial score (nSPS) is 26.9. The first-order chi connectivity index (χ1) is 21.6. The molecule has 1 unspecified atom stereocenters. The molecule has 0 aromatic carbocycles. The number of H-pyrrole nitrogens is 1. The van der Waals surface area contributed by atoms with Crippen LogP contribution in [0.5, 0.6) is 0 Å². The van der Waals surface area contributed by atoms with Crippen LogP contribution in [-0.2, 0) is 18.3 Å². The Morgan fingerprint density at radius 2 is 1.40 bits per heavy atom. The van der Waals surface area contributed by atoms with Crippen molar-refractivity contribution >= 4 is 7.60 Å². The maximum absolute atomic E-state index is 13.8. The molecule has 1 aromatic heterocycles. The standard InChI is InChI=1S/C31H56N3O10P/c1-2-3-4-5-6-7-8-9-10-11-12-13-14-15-19-42-45(41,20-18-33-21-24(35)25(36)22-33)43-23-26-28(38)29(39)30(44-26)34-27(37)16-17-32-31(34)40/h16-17,24-26,28-30,35-36,38-39H,2-15,18-23H2,1H3,(H,32,40)/t24-,25-,26-,28-,29-,30-,45?/m1/s1. The fraction of sp³-hybridized carbons (Fsp3) is 0.871. The third-order valence-corrected chi connectivity index (χ3v) is 10.6. The molecule has 2 fully saturated rings. The van der Waals surface area contributed by atoms with Gasteiger partial charge in [0.05, 0.1) is 31.6 Å². The van der Waals surface area contributed by atoms with Gasteiger partial charge >= 0.3 is 13.3 Å². The number of likely N-dealkylation sites (tertiary alicyclic amines) is 1. The molecule has 2 aliphatic rings. The predicted octanol–water partition coefficient (Wildman–Crippen LogP) is 2.90. The highest BCUT2D eigenvalue weighted by atomic mass is 31.2. The summed E-state index contributed by atoms with van der Waals surface area (Å²) in [7, 11) is -3.72. The lowest BCUT2D eigenvalue weighted by molar-refractivity contribution is -0.0546. The molecule has 1 aromatic rings. The van der Waals surface area contributed by atoms with Crippen molar-refractivity contribution in [3.63, 3.8) is 0 Å². The van der Waals surface area contributed by atoms with Gasteiger partial charge in [0.15, 0.2) is 6.23 Å². The van der Waals surface area contributed by atoms with Crippen LogP contribution >= 0.6 is 7.60 Å². The number of unbranched alkanes of at least 4 members (excludes halogenated alkanes) is 13. The van der Waals surface area contributed by atoms with E-state index >= 15 is 0 Å². The molecule has 45 heavy (non-hydrogen) atoms. The van der Waals surface area contributed by atoms with Gasteiger partial charge in [-0.25, -0.2) is 9.36 Å². The summed E-state index contributed by atoms with van der Waals surface area (Å²) < 4.78 is 31.6. The number of β-amino-alcohol motifs (C(OH)–C–C–N with tert-alkyl or cyclic N) is 2. The lowest BCUT2D eigenvalue weighted by atomic mass is 10.0. The fourth-order valence-corrected chi connectivity index (χ4v) is 7.54. The van der Waals surface area contributed by atoms with Crippen molar-refractivity contribution in [1.82, 2.24) is 14.5 Å². The van der Waals surface area contributed by atoms with Gasteiger partial charge in [0.2, 0.25) is 0 Å². The van der Waals surface area contributed by atoms with Crippen LogP contribution in [0.2, 0.25) is 0 Å². The number of aliphatic hydroxyl groups is 4. The average molecular weight is 662 g/mol. The van der Waals surface area contributed by atoms with Crippen molar-refractivity contribution in [2.45, 2.75) is 134 Å². The number of aromatic amines is 1. The molecule has 0 spiro atoms. The Bertz CT molecular complexity index is 1100. The van der Waals surface area contributed by atoms with Gasteiger partial charge in [-0.3, -0.25) is 14.3 Å². The molecule has 14 heteroatoms. The Labute approximate surface area is 266 Å². The number of nitrogens with one attached hydrogen (secondary N) is 1. The number of ether oxygens (including phenoxy) is 1. The second kappa shape index (κ2) is 20.1. The number of aromatic nitrogens is 2. The van der Waals surface area contributed by atoms with Crippen molar-refractivity contribution in [2.75, 3.05) is 39.0 Å². The van der Waals surface area contributed by atoms with E-state index in [0.717, 1.165) is 25.3 Å². The van der Waals surface area contributed by atoms with Crippen molar-refractivity contribution in [3.8, 4) is 0 Å². The number of rotatable bonds is 23. The molecule has 2 saturated heterocycles. The van der Waals surface area contributed by atoms with Gasteiger partial charge in [0.1, 0.15) is 18.3 Å². The zero-order valence-corrected chi connectivity index (χ0v) is 27.7. The highest BCUT2D eigenvalue weighted by Crippen LogP contribution is 2.49. The molecule has 260 valence electrons. The van der Waals surface area contributed by atoms with Gasteiger partial charge in [0, 0.05) is 31.9 Å². The van der Waals surface area contributed by atoms with Crippen molar-refractivity contribution in [2.24, 2.45) is 0 Å². The number of nitrogens with zero attached hydrogens (tertiary/aromatic N) is 2. The number of hydrogen-bond donors (Lipinski definition) is 5. The summed E-state index contributed by atoms with van der Waals surface area (Å²) in [6.07, 6.45) is 10.6. The van der Waals surface area contributed by atoms with Crippen LogP contribution < -0.4 is 11.2 Å². The maximum Gasteiger partial charge on any atom is 0.332 e. The molecule has 0 amide bonds. The second-order valence-corrected chi connectivity index (χ2v) is 14.7. The summed E-state index contributed by atoms with van der Waals surface area (Å²) in [5.41, 5.74) is -1.52. The van der Waals surface area contributed by atoms with Crippen LogP contribution in [0.15, 0.2) is 21.9 Å². The molecule has 7 atom stereocenters. The Morgan fingerprint density at radius 1 is 0.844 bits per heavy atom. The zero-order valence-electron chi connectivity index (χ0n) is 26.8. The molecule has 5 N–H and O–H groups in total. The number of hydrogen-bond acceptors (Lipinski definition) is 11. The Kier molecular flexibility index (Phi) is 17.0. The fourth-order valence-electron chi connectivity index (χ4n) is 5.90. The molecule has 0 aliphatic carbocycles. The van der Waals surface area contributed by atoms with Gasteiger partial charge in [0.25, 0.3) is 5.56 Å². The van der Waals surface area contributed by atoms with Crippen LogP contribution in [0.3, 0.4) is 0 Å². The van der Waals surface area contributed by atoms with E-state index in [1.165, 1.54) is 70.4 Å². The van der Waals surface area contributed by atoms with E-state index in [-0.39, 0.29) is 32.4 Å². The summed E-state index contributed by atoms with van der Waals surface area (Å²) >= 11 is 0. The molecule has 0 radical (unpaired) electrons. The Hall–Kier alpha value is -1.41. The van der Waals surface area contributed by atoms with Crippen molar-refractivity contribution in [1.29, 1.82) is 0 Å². The minimum absolute atomic E-state index is 0.0162. The van der Waals surface area contributed by atoms with Crippen LogP contribution in [-0.4, -0.2) is 104 Å². The maximum atomic E-state index is 13.8. The first kappa shape index (κ1) is 38.0. The van der Waals surface area contributed by atoms with Crippen LogP contribution in [0, 0.1) is 0 Å². The average Bonchev–Trinajstić information content (AvgIpc) is 3.49. The summed E-state index contributed by atoms with van der Waals surface area (Å²) in [4.78, 5) is 28.5. The van der Waals surface area contributed by atoms with E-state index in [1.54, 1.807) is 4.90 Å². The molecular formula is C31H56N3O10P. The van der Waals surface area contributed by atoms with E-state index in [0.29, 0.717) is 11.0 Å². The van der Waals surface area contributed by atoms with Crippen molar-refractivity contribution in [3.05, 3.63) is 33.1 Å². The third-order valence-electron chi connectivity index (χ3n) is 8.73. The molecule has 13 nitrogen and oxygen atoms in total. The largest absolute Gasteiger partial charge is 0.389 e. The lowest BCUT2D eigenvalue weighted by Gasteiger charge is -2.24. The molecule has 3 rings (SSSR count). The first-order valence-electron chi connectivity index (χ1n) is 16.9. The minimum atomic E-state index is -3.72. The van der Waals surface area contributed by atoms with Gasteiger partial charge in [-0.05, 0) is 6.42 Å². The Balaban J connectivity index is 1.41. The van der Waals surface area contributed by atoms with Gasteiger partial charge < -0.3 is 39.2 Å². The lowest BCUT2D eigenvalue weighted by Crippen LogP contribution is -2.42. The van der Waals surface area contributed by atoms with Crippen molar-refractivity contribution < 1.29 is 38.8 Å². The SMILES string of the molecule is CCCCCCCCCCCCCCCCOP(=O)(CCN1C[C@@H](O)[C@H](O)C1)OC[C@H]1O[C@@H](n2c(=O)cc[nH]c2=O)[C@H](O)[C@@H]1O. The summed E-state index contributed by atoms with van der Waals surface area (Å²) in [5.74, 6) is 0. The molecule has 2 aliphatic heterocycles. The molecule has 3 heterocycles. The summed E-state index contributed by atoms with van der Waals surface area (Å²) in [6.45, 7) is 2.77. The molecule has 0 saturated carbocycles. The monoisotopic (exact) mass is 661 g/mol. The second-order valence-electron chi connectivity index (χ2n) is 12.5.